The summed E-state index contributed by atoms with van der Waals surface area (Å²) in [4.78, 5) is 12.3. The van der Waals surface area contributed by atoms with Crippen molar-refractivity contribution in [2.24, 2.45) is 0 Å². The van der Waals surface area contributed by atoms with Crippen molar-refractivity contribution in [3.63, 3.8) is 0 Å². The molecule has 1 amide bonds. The molecule has 1 heterocycles. The Bertz CT molecular complexity index is 736. The van der Waals surface area contributed by atoms with E-state index in [0.717, 1.165) is 4.47 Å². The summed E-state index contributed by atoms with van der Waals surface area (Å²) in [5.74, 6) is 0.657. The van der Waals surface area contributed by atoms with Crippen molar-refractivity contribution in [3.8, 4) is 11.5 Å². The second kappa shape index (κ2) is 5.46. The maximum absolute atomic E-state index is 12.3. The highest BCUT2D eigenvalue weighted by Crippen LogP contribution is 2.36. The van der Waals surface area contributed by atoms with Crippen molar-refractivity contribution in [2.75, 3.05) is 17.8 Å². The lowest BCUT2D eigenvalue weighted by atomic mass is 10.1. The summed E-state index contributed by atoms with van der Waals surface area (Å²) in [6, 6.07) is 8.30. The molecule has 1 aliphatic heterocycles. The zero-order chi connectivity index (χ0) is 15.0. The van der Waals surface area contributed by atoms with Gasteiger partial charge >= 0.3 is 0 Å². The molecule has 2 aromatic carbocycles. The van der Waals surface area contributed by atoms with E-state index in [9.17, 15) is 4.79 Å². The molecular weight excluding hydrogens is 360 g/mol. The van der Waals surface area contributed by atoms with Crippen LogP contribution in [0.25, 0.3) is 0 Å². The number of amides is 1. The Morgan fingerprint density at radius 1 is 1.24 bits per heavy atom. The van der Waals surface area contributed by atoms with Gasteiger partial charge in [0.25, 0.3) is 5.91 Å². The summed E-state index contributed by atoms with van der Waals surface area (Å²) < 4.78 is 11.3. The highest BCUT2D eigenvalue weighted by molar-refractivity contribution is 9.10. The zero-order valence-electron chi connectivity index (χ0n) is 10.7. The minimum absolute atomic E-state index is 0.122. The van der Waals surface area contributed by atoms with Crippen LogP contribution in [-0.4, -0.2) is 12.7 Å². The minimum atomic E-state index is -0.370. The average molecular weight is 370 g/mol. The van der Waals surface area contributed by atoms with Gasteiger partial charge in [0.2, 0.25) is 6.79 Å². The summed E-state index contributed by atoms with van der Waals surface area (Å²) in [5.41, 5.74) is 6.98. The molecule has 21 heavy (non-hydrogen) atoms. The van der Waals surface area contributed by atoms with Crippen LogP contribution in [0.2, 0.25) is 5.02 Å². The first kappa shape index (κ1) is 14.0. The molecular formula is C14H10BrClN2O3. The first-order valence-corrected chi connectivity index (χ1v) is 7.17. The normalized spacial score (nSPS) is 12.3. The fourth-order valence-corrected chi connectivity index (χ4v) is 2.46. The third kappa shape index (κ3) is 2.77. The van der Waals surface area contributed by atoms with Crippen molar-refractivity contribution in [2.45, 2.75) is 0 Å². The molecule has 1 aliphatic rings. The van der Waals surface area contributed by atoms with Gasteiger partial charge in [0.05, 0.1) is 16.3 Å². The summed E-state index contributed by atoms with van der Waals surface area (Å²) >= 11 is 9.38. The van der Waals surface area contributed by atoms with E-state index in [2.05, 4.69) is 21.2 Å². The van der Waals surface area contributed by atoms with Gasteiger partial charge in [0.15, 0.2) is 11.5 Å². The van der Waals surface area contributed by atoms with Crippen LogP contribution in [0.4, 0.5) is 11.4 Å². The fourth-order valence-electron chi connectivity index (χ4n) is 1.94. The topological polar surface area (TPSA) is 73.6 Å². The summed E-state index contributed by atoms with van der Waals surface area (Å²) in [6.45, 7) is 0.122. The molecule has 0 radical (unpaired) electrons. The van der Waals surface area contributed by atoms with Crippen molar-refractivity contribution in [1.82, 2.24) is 0 Å². The van der Waals surface area contributed by atoms with Crippen LogP contribution in [0.15, 0.2) is 34.8 Å². The van der Waals surface area contributed by atoms with Crippen molar-refractivity contribution in [3.05, 3.63) is 45.4 Å². The lowest BCUT2D eigenvalue weighted by Gasteiger charge is -2.10. The Morgan fingerprint density at radius 3 is 2.71 bits per heavy atom. The molecule has 0 bridgehead atoms. The largest absolute Gasteiger partial charge is 0.454 e. The Labute approximate surface area is 134 Å². The van der Waals surface area contributed by atoms with Gasteiger partial charge in [-0.05, 0) is 24.3 Å². The average Bonchev–Trinajstić information content (AvgIpc) is 2.89. The summed E-state index contributed by atoms with van der Waals surface area (Å²) in [6.07, 6.45) is 0. The molecule has 0 spiro atoms. The Morgan fingerprint density at radius 2 is 1.95 bits per heavy atom. The Kier molecular flexibility index (Phi) is 3.65. The van der Waals surface area contributed by atoms with Crippen molar-refractivity contribution < 1.29 is 14.3 Å². The molecule has 3 N–H and O–H groups in total. The van der Waals surface area contributed by atoms with Crippen LogP contribution in [0.1, 0.15) is 10.4 Å². The van der Waals surface area contributed by atoms with Gasteiger partial charge in [-0.1, -0.05) is 27.5 Å². The van der Waals surface area contributed by atoms with Crippen molar-refractivity contribution >= 4 is 44.8 Å². The molecule has 0 fully saturated rings. The molecule has 108 valence electrons. The van der Waals surface area contributed by atoms with Gasteiger partial charge in [-0.2, -0.15) is 0 Å². The lowest BCUT2D eigenvalue weighted by Crippen LogP contribution is -2.14. The molecule has 0 saturated carbocycles. The van der Waals surface area contributed by atoms with Crippen LogP contribution in [-0.2, 0) is 0 Å². The van der Waals surface area contributed by atoms with E-state index in [1.54, 1.807) is 30.3 Å². The van der Waals surface area contributed by atoms with E-state index in [1.165, 1.54) is 0 Å². The number of benzene rings is 2. The number of nitrogens with two attached hydrogens (primary N) is 1. The van der Waals surface area contributed by atoms with Crippen molar-refractivity contribution in [1.29, 1.82) is 0 Å². The van der Waals surface area contributed by atoms with E-state index in [4.69, 9.17) is 26.8 Å². The van der Waals surface area contributed by atoms with Crippen LogP contribution in [0, 0.1) is 0 Å². The van der Waals surface area contributed by atoms with Crippen LogP contribution < -0.4 is 20.5 Å². The maximum Gasteiger partial charge on any atom is 0.257 e. The first-order chi connectivity index (χ1) is 10.0. The predicted octanol–water partition coefficient (Wildman–Crippen LogP) is 3.67. The molecule has 0 aliphatic carbocycles. The molecule has 0 saturated heterocycles. The second-order valence-electron chi connectivity index (χ2n) is 4.37. The smallest absolute Gasteiger partial charge is 0.257 e. The van der Waals surface area contributed by atoms with Gasteiger partial charge < -0.3 is 20.5 Å². The minimum Gasteiger partial charge on any atom is -0.454 e. The number of anilines is 2. The quantitative estimate of drug-likeness (QED) is 0.792. The van der Waals surface area contributed by atoms with E-state index >= 15 is 0 Å². The highest BCUT2D eigenvalue weighted by atomic mass is 79.9. The molecule has 5 nitrogen and oxygen atoms in total. The number of rotatable bonds is 2. The number of hydrogen-bond acceptors (Lipinski definition) is 4. The number of halogens is 2. The number of hydrogen-bond donors (Lipinski definition) is 2. The lowest BCUT2D eigenvalue weighted by molar-refractivity contribution is 0.102. The molecule has 3 rings (SSSR count). The van der Waals surface area contributed by atoms with Gasteiger partial charge in [-0.3, -0.25) is 4.79 Å². The number of fused-ring (bicyclic) bond motifs is 1. The molecule has 0 aromatic heterocycles. The van der Waals surface area contributed by atoms with Gasteiger partial charge in [0.1, 0.15) is 0 Å². The van der Waals surface area contributed by atoms with Crippen LogP contribution in [0.3, 0.4) is 0 Å². The Balaban J connectivity index is 1.91. The summed E-state index contributed by atoms with van der Waals surface area (Å²) in [7, 11) is 0. The van der Waals surface area contributed by atoms with E-state index in [-0.39, 0.29) is 12.7 Å². The van der Waals surface area contributed by atoms with Gasteiger partial charge in [-0.25, -0.2) is 0 Å². The fraction of sp³-hybridized carbons (Fsp3) is 0.0714. The number of ether oxygens (including phenoxy) is 2. The molecule has 0 atom stereocenters. The SMILES string of the molecule is Nc1cc2c(cc1C(=O)Nc1cc(Br)ccc1Cl)OCO2. The third-order valence-corrected chi connectivity index (χ3v) is 3.79. The monoisotopic (exact) mass is 368 g/mol. The predicted molar refractivity (Wildman–Crippen MR) is 84.1 cm³/mol. The molecule has 2 aromatic rings. The van der Waals surface area contributed by atoms with E-state index in [1.807, 2.05) is 0 Å². The van der Waals surface area contributed by atoms with Gasteiger partial charge in [-0.15, -0.1) is 0 Å². The van der Waals surface area contributed by atoms with Crippen LogP contribution in [0.5, 0.6) is 11.5 Å². The van der Waals surface area contributed by atoms with Crippen LogP contribution >= 0.6 is 27.5 Å². The summed E-state index contributed by atoms with van der Waals surface area (Å²) in [5, 5.41) is 3.16. The molecule has 0 unspecified atom stereocenters. The third-order valence-electron chi connectivity index (χ3n) is 2.97. The highest BCUT2D eigenvalue weighted by Gasteiger charge is 2.20. The second-order valence-corrected chi connectivity index (χ2v) is 5.69. The van der Waals surface area contributed by atoms with E-state index in [0.29, 0.717) is 33.5 Å². The number of carbonyl (C=O) groups excluding carboxylic acids is 1. The zero-order valence-corrected chi connectivity index (χ0v) is 13.0. The number of carbonyl (C=O) groups is 1. The number of nitrogen functional groups attached to an aromatic ring is 1. The maximum atomic E-state index is 12.3. The standard InChI is InChI=1S/C14H10BrClN2O3/c15-7-1-2-9(16)11(3-7)18-14(19)8-4-12-13(5-10(8)17)21-6-20-12/h1-5H,6,17H2,(H,18,19). The number of nitrogens with one attached hydrogen (secondary N) is 1. The molecule has 7 heteroatoms. The first-order valence-electron chi connectivity index (χ1n) is 6.00. The van der Waals surface area contributed by atoms with Gasteiger partial charge in [0, 0.05) is 16.2 Å². The Hall–Kier alpha value is -1.92. The van der Waals surface area contributed by atoms with E-state index < -0.39 is 0 Å².